The van der Waals surface area contributed by atoms with E-state index in [9.17, 15) is 13.6 Å². The second-order valence-corrected chi connectivity index (χ2v) is 4.31. The minimum Gasteiger partial charge on any atom is -0.389 e. The number of amides is 1. The number of nitrogens with two attached hydrogens (primary N) is 1. The summed E-state index contributed by atoms with van der Waals surface area (Å²) in [7, 11) is 0. The first-order valence-corrected chi connectivity index (χ1v) is 5.90. The van der Waals surface area contributed by atoms with Crippen molar-refractivity contribution in [2.45, 2.75) is 0 Å². The topological polar surface area (TPSA) is 68.0 Å². The van der Waals surface area contributed by atoms with E-state index < -0.39 is 17.5 Å². The fourth-order valence-corrected chi connectivity index (χ4v) is 1.65. The molecule has 3 N–H and O–H groups in total. The molecular formula is C13H9F2N3OS. The number of hydrogen-bond donors (Lipinski definition) is 2. The Morgan fingerprint density at radius 3 is 2.60 bits per heavy atom. The third-order valence-corrected chi connectivity index (χ3v) is 2.75. The van der Waals surface area contributed by atoms with Crippen LogP contribution in [0, 0.1) is 11.6 Å². The molecule has 2 aromatic rings. The summed E-state index contributed by atoms with van der Waals surface area (Å²) in [5.74, 6) is -2.27. The monoisotopic (exact) mass is 293 g/mol. The number of thiocarbonyl (C=S) groups is 1. The van der Waals surface area contributed by atoms with Crippen LogP contribution >= 0.6 is 12.2 Å². The molecule has 0 radical (unpaired) electrons. The Hall–Kier alpha value is -2.41. The van der Waals surface area contributed by atoms with E-state index in [1.54, 1.807) is 0 Å². The average Bonchev–Trinajstić information content (AvgIpc) is 2.41. The van der Waals surface area contributed by atoms with E-state index in [0.29, 0.717) is 5.56 Å². The van der Waals surface area contributed by atoms with Crippen LogP contribution in [0.4, 0.5) is 14.5 Å². The van der Waals surface area contributed by atoms with Crippen LogP contribution in [-0.4, -0.2) is 15.9 Å². The molecule has 0 unspecified atom stereocenters. The molecule has 4 nitrogen and oxygen atoms in total. The fraction of sp³-hybridized carbons (Fsp3) is 0. The quantitative estimate of drug-likeness (QED) is 0.852. The van der Waals surface area contributed by atoms with Gasteiger partial charge in [0.25, 0.3) is 5.91 Å². The lowest BCUT2D eigenvalue weighted by Crippen LogP contribution is -2.16. The first-order valence-electron chi connectivity index (χ1n) is 5.49. The minimum atomic E-state index is -0.787. The molecule has 102 valence electrons. The number of rotatable bonds is 3. The molecule has 7 heteroatoms. The molecule has 0 saturated carbocycles. The van der Waals surface area contributed by atoms with Gasteiger partial charge in [0, 0.05) is 11.8 Å². The molecular weight excluding hydrogens is 284 g/mol. The molecule has 0 atom stereocenters. The lowest BCUT2D eigenvalue weighted by molar-refractivity contribution is 0.102. The summed E-state index contributed by atoms with van der Waals surface area (Å²) in [6.07, 6.45) is 2.17. The SMILES string of the molecule is NC(=S)c1ccc(NC(=O)c2ccncc2F)c(F)c1. The molecule has 1 aromatic carbocycles. The Balaban J connectivity index is 2.25. The summed E-state index contributed by atoms with van der Waals surface area (Å²) in [6, 6.07) is 5.07. The second kappa shape index (κ2) is 5.70. The van der Waals surface area contributed by atoms with Crippen molar-refractivity contribution in [3.63, 3.8) is 0 Å². The molecule has 0 aliphatic rings. The van der Waals surface area contributed by atoms with Gasteiger partial charge in [0.15, 0.2) is 5.82 Å². The number of carbonyl (C=O) groups excluding carboxylic acids is 1. The highest BCUT2D eigenvalue weighted by Gasteiger charge is 2.14. The fourth-order valence-electron chi connectivity index (χ4n) is 1.52. The Morgan fingerprint density at radius 2 is 2.00 bits per heavy atom. The number of hydrogen-bond acceptors (Lipinski definition) is 3. The Labute approximate surface area is 118 Å². The molecule has 0 saturated heterocycles. The van der Waals surface area contributed by atoms with Crippen LogP contribution < -0.4 is 11.1 Å². The molecule has 0 spiro atoms. The highest BCUT2D eigenvalue weighted by molar-refractivity contribution is 7.80. The Morgan fingerprint density at radius 1 is 1.25 bits per heavy atom. The predicted octanol–water partition coefficient (Wildman–Crippen LogP) is 2.25. The first kappa shape index (κ1) is 14.0. The molecule has 0 aliphatic carbocycles. The van der Waals surface area contributed by atoms with Crippen LogP contribution in [0.15, 0.2) is 36.7 Å². The van der Waals surface area contributed by atoms with Crippen molar-refractivity contribution in [1.82, 2.24) is 4.98 Å². The summed E-state index contributed by atoms with van der Waals surface area (Å²) in [5.41, 5.74) is 5.39. The summed E-state index contributed by atoms with van der Waals surface area (Å²) in [4.78, 5) is 15.4. The van der Waals surface area contributed by atoms with Crippen LogP contribution in [0.5, 0.6) is 0 Å². The highest BCUT2D eigenvalue weighted by Crippen LogP contribution is 2.17. The predicted molar refractivity (Wildman–Crippen MR) is 74.4 cm³/mol. The van der Waals surface area contributed by atoms with Crippen molar-refractivity contribution in [2.24, 2.45) is 5.73 Å². The number of carbonyl (C=O) groups is 1. The number of nitrogens with one attached hydrogen (secondary N) is 1. The van der Waals surface area contributed by atoms with Gasteiger partial charge < -0.3 is 11.1 Å². The third-order valence-electron chi connectivity index (χ3n) is 2.52. The van der Waals surface area contributed by atoms with E-state index in [-0.39, 0.29) is 16.2 Å². The van der Waals surface area contributed by atoms with Gasteiger partial charge in [-0.05, 0) is 24.3 Å². The van der Waals surface area contributed by atoms with E-state index in [1.165, 1.54) is 24.4 Å². The van der Waals surface area contributed by atoms with Gasteiger partial charge in [-0.15, -0.1) is 0 Å². The lowest BCUT2D eigenvalue weighted by atomic mass is 10.2. The average molecular weight is 293 g/mol. The maximum atomic E-state index is 13.8. The van der Waals surface area contributed by atoms with Crippen molar-refractivity contribution >= 4 is 28.8 Å². The molecule has 0 bridgehead atoms. The zero-order valence-corrected chi connectivity index (χ0v) is 10.9. The number of halogens is 2. The number of pyridine rings is 1. The van der Waals surface area contributed by atoms with Crippen molar-refractivity contribution < 1.29 is 13.6 Å². The van der Waals surface area contributed by atoms with E-state index in [1.807, 2.05) is 0 Å². The molecule has 1 heterocycles. The largest absolute Gasteiger partial charge is 0.389 e. The van der Waals surface area contributed by atoms with Crippen LogP contribution in [-0.2, 0) is 0 Å². The molecule has 0 fully saturated rings. The second-order valence-electron chi connectivity index (χ2n) is 3.87. The van der Waals surface area contributed by atoms with Crippen molar-refractivity contribution in [3.8, 4) is 0 Å². The standard InChI is InChI=1S/C13H9F2N3OS/c14-9-5-7(12(16)20)1-2-11(9)18-13(19)8-3-4-17-6-10(8)15/h1-6H,(H2,16,20)(H,18,19). The van der Waals surface area contributed by atoms with E-state index in [4.69, 9.17) is 18.0 Å². The van der Waals surface area contributed by atoms with Gasteiger partial charge in [0.1, 0.15) is 10.8 Å². The molecule has 1 amide bonds. The zero-order chi connectivity index (χ0) is 14.7. The zero-order valence-electron chi connectivity index (χ0n) is 10.1. The van der Waals surface area contributed by atoms with Gasteiger partial charge in [-0.2, -0.15) is 0 Å². The Bertz CT molecular complexity index is 691. The number of benzene rings is 1. The summed E-state index contributed by atoms with van der Waals surface area (Å²) in [5, 5.41) is 2.27. The lowest BCUT2D eigenvalue weighted by Gasteiger charge is -2.08. The Kier molecular flexibility index (Phi) is 3.99. The van der Waals surface area contributed by atoms with Gasteiger partial charge in [0.05, 0.1) is 17.4 Å². The van der Waals surface area contributed by atoms with Crippen LogP contribution in [0.1, 0.15) is 15.9 Å². The van der Waals surface area contributed by atoms with Gasteiger partial charge in [0.2, 0.25) is 0 Å². The summed E-state index contributed by atoms with van der Waals surface area (Å²) in [6.45, 7) is 0. The maximum absolute atomic E-state index is 13.8. The van der Waals surface area contributed by atoms with Gasteiger partial charge in [-0.1, -0.05) is 12.2 Å². The molecule has 0 aliphatic heterocycles. The van der Waals surface area contributed by atoms with E-state index in [2.05, 4.69) is 10.3 Å². The van der Waals surface area contributed by atoms with Gasteiger partial charge >= 0.3 is 0 Å². The normalized spacial score (nSPS) is 10.1. The van der Waals surface area contributed by atoms with Crippen molar-refractivity contribution in [3.05, 3.63) is 59.4 Å². The van der Waals surface area contributed by atoms with E-state index >= 15 is 0 Å². The van der Waals surface area contributed by atoms with Crippen LogP contribution in [0.3, 0.4) is 0 Å². The highest BCUT2D eigenvalue weighted by atomic mass is 32.1. The van der Waals surface area contributed by atoms with Crippen molar-refractivity contribution in [1.29, 1.82) is 0 Å². The summed E-state index contributed by atoms with van der Waals surface area (Å²) >= 11 is 4.71. The van der Waals surface area contributed by atoms with E-state index in [0.717, 1.165) is 12.3 Å². The molecule has 2 rings (SSSR count). The number of aromatic nitrogens is 1. The smallest absolute Gasteiger partial charge is 0.258 e. The number of anilines is 1. The van der Waals surface area contributed by atoms with Gasteiger partial charge in [-0.25, -0.2) is 8.78 Å². The maximum Gasteiger partial charge on any atom is 0.258 e. The molecule has 1 aromatic heterocycles. The summed E-state index contributed by atoms with van der Waals surface area (Å²) < 4.78 is 27.1. The minimum absolute atomic E-state index is 0.0435. The first-order chi connectivity index (χ1) is 9.49. The van der Waals surface area contributed by atoms with Crippen LogP contribution in [0.25, 0.3) is 0 Å². The van der Waals surface area contributed by atoms with Gasteiger partial charge in [-0.3, -0.25) is 9.78 Å². The third kappa shape index (κ3) is 2.94. The molecule has 20 heavy (non-hydrogen) atoms. The number of nitrogens with zero attached hydrogens (tertiary/aromatic N) is 1. The van der Waals surface area contributed by atoms with Crippen molar-refractivity contribution in [2.75, 3.05) is 5.32 Å². The van der Waals surface area contributed by atoms with Crippen LogP contribution in [0.2, 0.25) is 0 Å².